The van der Waals surface area contributed by atoms with Gasteiger partial charge in [-0.2, -0.15) is 0 Å². The first kappa shape index (κ1) is 17.2. The fourth-order valence-corrected chi connectivity index (χ4v) is 3.39. The van der Waals surface area contributed by atoms with E-state index in [1.165, 1.54) is 12.0 Å². The van der Waals surface area contributed by atoms with E-state index < -0.39 is 5.92 Å². The number of hydrogen-bond donors (Lipinski definition) is 2. The van der Waals surface area contributed by atoms with Crippen molar-refractivity contribution in [3.8, 4) is 5.75 Å². The Kier molecular flexibility index (Phi) is 4.16. The summed E-state index contributed by atoms with van der Waals surface area (Å²) in [5, 5.41) is 11.6. The Morgan fingerprint density at radius 1 is 1.33 bits per heavy atom. The smallest absolute Gasteiger partial charge is 0.238 e. The number of benzene rings is 1. The highest BCUT2D eigenvalue weighted by atomic mass is 35.5. The summed E-state index contributed by atoms with van der Waals surface area (Å²) in [5.41, 5.74) is 1.12. The first-order valence-corrected chi connectivity index (χ1v) is 8.59. The van der Waals surface area contributed by atoms with E-state index in [9.17, 15) is 9.59 Å². The van der Waals surface area contributed by atoms with E-state index in [1.807, 2.05) is 0 Å². The standard InChI is InChI=1S/C19H15ClN4O3/c1-27-15-7-6-10(20)8-13(15)24-9-14(25)16(17(24)21)18-22-12-5-3-2-4-11(12)19(26)23-18/h2-8,11,21H,9H2,1H3,(H,23,26)/b18-16-,21-17?. The molecule has 1 amide bonds. The number of ketones is 1. The lowest BCUT2D eigenvalue weighted by atomic mass is 9.95. The molecule has 1 atom stereocenters. The molecule has 0 aromatic heterocycles. The second kappa shape index (κ2) is 6.51. The second-order valence-electron chi connectivity index (χ2n) is 6.15. The number of hydrogen-bond acceptors (Lipinski definition) is 5. The van der Waals surface area contributed by atoms with Crippen molar-refractivity contribution in [1.82, 2.24) is 5.32 Å². The van der Waals surface area contributed by atoms with Crippen LogP contribution in [0.1, 0.15) is 0 Å². The van der Waals surface area contributed by atoms with Gasteiger partial charge in [0.05, 0.1) is 31.0 Å². The maximum atomic E-state index is 12.7. The summed E-state index contributed by atoms with van der Waals surface area (Å²) in [6.45, 7) is -0.0612. The van der Waals surface area contributed by atoms with Crippen molar-refractivity contribution in [2.45, 2.75) is 0 Å². The Bertz CT molecular complexity index is 1010. The predicted molar refractivity (Wildman–Crippen MR) is 102 cm³/mol. The van der Waals surface area contributed by atoms with E-state index >= 15 is 0 Å². The molecule has 1 aromatic carbocycles. The van der Waals surface area contributed by atoms with Crippen LogP contribution >= 0.6 is 11.6 Å². The monoisotopic (exact) mass is 382 g/mol. The number of anilines is 1. The van der Waals surface area contributed by atoms with Crippen LogP contribution in [0.4, 0.5) is 5.69 Å². The van der Waals surface area contributed by atoms with E-state index in [0.29, 0.717) is 22.2 Å². The number of nitrogens with zero attached hydrogens (tertiary/aromatic N) is 2. The molecule has 3 aliphatic rings. The summed E-state index contributed by atoms with van der Waals surface area (Å²) in [6, 6.07) is 4.97. The molecule has 0 spiro atoms. The van der Waals surface area contributed by atoms with Gasteiger partial charge in [-0.3, -0.25) is 15.0 Å². The van der Waals surface area contributed by atoms with Gasteiger partial charge in [0.2, 0.25) is 5.91 Å². The van der Waals surface area contributed by atoms with Crippen molar-refractivity contribution in [1.29, 1.82) is 5.41 Å². The summed E-state index contributed by atoms with van der Waals surface area (Å²) < 4.78 is 5.33. The highest BCUT2D eigenvalue weighted by molar-refractivity contribution is 6.35. The van der Waals surface area contributed by atoms with Crippen molar-refractivity contribution in [3.05, 3.63) is 58.9 Å². The molecule has 2 aliphatic heterocycles. The minimum absolute atomic E-state index is 0.0611. The van der Waals surface area contributed by atoms with Crippen LogP contribution in [0.2, 0.25) is 5.02 Å². The van der Waals surface area contributed by atoms with E-state index in [1.54, 1.807) is 42.5 Å². The summed E-state index contributed by atoms with van der Waals surface area (Å²) in [4.78, 5) is 30.9. The molecular weight excluding hydrogens is 368 g/mol. The number of carbonyl (C=O) groups excluding carboxylic acids is 2. The number of amidine groups is 1. The minimum atomic E-state index is -0.478. The number of halogens is 1. The number of ether oxygens (including phenoxy) is 1. The first-order chi connectivity index (χ1) is 13.0. The Morgan fingerprint density at radius 2 is 2.15 bits per heavy atom. The zero-order valence-electron chi connectivity index (χ0n) is 14.3. The van der Waals surface area contributed by atoms with Crippen molar-refractivity contribution < 1.29 is 14.3 Å². The van der Waals surface area contributed by atoms with Gasteiger partial charge in [-0.1, -0.05) is 29.8 Å². The Labute approximate surface area is 160 Å². The Hall–Kier alpha value is -3.19. The van der Waals surface area contributed by atoms with E-state index in [2.05, 4.69) is 10.3 Å². The van der Waals surface area contributed by atoms with Gasteiger partial charge in [0.1, 0.15) is 23.0 Å². The second-order valence-corrected chi connectivity index (χ2v) is 6.58. The summed E-state index contributed by atoms with van der Waals surface area (Å²) in [7, 11) is 1.50. The zero-order chi connectivity index (χ0) is 19.1. The molecule has 7 nitrogen and oxygen atoms in total. The van der Waals surface area contributed by atoms with Crippen LogP contribution in [-0.2, 0) is 9.59 Å². The first-order valence-electron chi connectivity index (χ1n) is 8.21. The van der Waals surface area contributed by atoms with Crippen LogP contribution in [0.3, 0.4) is 0 Å². The number of aliphatic imine (C=N–C) groups is 1. The van der Waals surface area contributed by atoms with Crippen LogP contribution < -0.4 is 15.0 Å². The number of fused-ring (bicyclic) bond motifs is 1. The number of allylic oxidation sites excluding steroid dienone is 3. The van der Waals surface area contributed by atoms with Crippen LogP contribution in [-0.4, -0.2) is 36.9 Å². The van der Waals surface area contributed by atoms with Crippen LogP contribution in [0.15, 0.2) is 58.9 Å². The molecule has 1 unspecified atom stereocenters. The van der Waals surface area contributed by atoms with Crippen molar-refractivity contribution >= 4 is 40.5 Å². The van der Waals surface area contributed by atoms with Crippen molar-refractivity contribution in [2.24, 2.45) is 10.9 Å². The molecule has 1 saturated heterocycles. The third-order valence-corrected chi connectivity index (χ3v) is 4.76. The Balaban J connectivity index is 1.77. The lowest BCUT2D eigenvalue weighted by molar-refractivity contribution is -0.121. The number of amides is 1. The Morgan fingerprint density at radius 3 is 2.93 bits per heavy atom. The lowest BCUT2D eigenvalue weighted by Crippen LogP contribution is -2.39. The fourth-order valence-electron chi connectivity index (χ4n) is 3.22. The minimum Gasteiger partial charge on any atom is -0.495 e. The predicted octanol–water partition coefficient (Wildman–Crippen LogP) is 2.24. The van der Waals surface area contributed by atoms with Gasteiger partial charge in [-0.25, -0.2) is 4.99 Å². The molecule has 0 radical (unpaired) electrons. The SMILES string of the molecule is COc1ccc(Cl)cc1N1CC(=O)/C(=C2\N=C3C=CC=CC3C(=O)N2)C1=N. The molecule has 8 heteroatoms. The van der Waals surface area contributed by atoms with Gasteiger partial charge in [0, 0.05) is 5.02 Å². The van der Waals surface area contributed by atoms with E-state index in [0.717, 1.165) is 0 Å². The molecule has 136 valence electrons. The third-order valence-electron chi connectivity index (χ3n) is 4.52. The maximum Gasteiger partial charge on any atom is 0.238 e. The lowest BCUT2D eigenvalue weighted by Gasteiger charge is -2.23. The zero-order valence-corrected chi connectivity index (χ0v) is 15.1. The molecule has 4 rings (SSSR count). The molecule has 27 heavy (non-hydrogen) atoms. The van der Waals surface area contributed by atoms with Crippen LogP contribution in [0.25, 0.3) is 0 Å². The topological polar surface area (TPSA) is 94.8 Å². The summed E-state index contributed by atoms with van der Waals surface area (Å²) in [5.74, 6) is -0.534. The molecule has 0 bridgehead atoms. The van der Waals surface area contributed by atoms with Crippen LogP contribution in [0.5, 0.6) is 5.75 Å². The molecule has 1 aliphatic carbocycles. The van der Waals surface area contributed by atoms with Gasteiger partial charge in [-0.15, -0.1) is 0 Å². The van der Waals surface area contributed by atoms with E-state index in [-0.39, 0.29) is 35.5 Å². The highest BCUT2D eigenvalue weighted by Gasteiger charge is 2.38. The molecule has 2 N–H and O–H groups in total. The number of Topliss-reactive ketones (excluding diaryl/α,β-unsaturated/α-hetero) is 1. The van der Waals surface area contributed by atoms with E-state index in [4.69, 9.17) is 21.7 Å². The number of rotatable bonds is 2. The normalized spacial score (nSPS) is 24.1. The van der Waals surface area contributed by atoms with Gasteiger partial charge >= 0.3 is 0 Å². The summed E-state index contributed by atoms with van der Waals surface area (Å²) in [6.07, 6.45) is 7.02. The van der Waals surface area contributed by atoms with Gasteiger partial charge < -0.3 is 15.0 Å². The van der Waals surface area contributed by atoms with Crippen molar-refractivity contribution in [3.63, 3.8) is 0 Å². The average molecular weight is 383 g/mol. The quantitative estimate of drug-likeness (QED) is 0.767. The largest absolute Gasteiger partial charge is 0.495 e. The molecule has 1 aromatic rings. The third kappa shape index (κ3) is 2.86. The average Bonchev–Trinajstić information content (AvgIpc) is 2.95. The van der Waals surface area contributed by atoms with Gasteiger partial charge in [0.25, 0.3) is 0 Å². The van der Waals surface area contributed by atoms with Crippen LogP contribution in [0, 0.1) is 11.3 Å². The van der Waals surface area contributed by atoms with Crippen molar-refractivity contribution in [2.75, 3.05) is 18.6 Å². The fraction of sp³-hybridized carbons (Fsp3) is 0.158. The molecule has 0 saturated carbocycles. The number of methoxy groups -OCH3 is 1. The number of carbonyl (C=O) groups is 2. The molecule has 2 heterocycles. The number of nitrogens with one attached hydrogen (secondary N) is 2. The highest BCUT2D eigenvalue weighted by Crippen LogP contribution is 2.35. The van der Waals surface area contributed by atoms with Gasteiger partial charge in [0.15, 0.2) is 5.78 Å². The summed E-state index contributed by atoms with van der Waals surface area (Å²) >= 11 is 6.07. The molecular formula is C19H15ClN4O3. The molecule has 1 fully saturated rings. The van der Waals surface area contributed by atoms with Gasteiger partial charge in [-0.05, 0) is 24.3 Å². The maximum absolute atomic E-state index is 12.7.